The van der Waals surface area contributed by atoms with Crippen molar-refractivity contribution >= 4 is 17.1 Å². The Labute approximate surface area is 226 Å². The molecule has 1 aliphatic carbocycles. The van der Waals surface area contributed by atoms with Gasteiger partial charge in [0.15, 0.2) is 0 Å². The summed E-state index contributed by atoms with van der Waals surface area (Å²) in [4.78, 5) is 25.0. The maximum absolute atomic E-state index is 14.0. The van der Waals surface area contributed by atoms with Crippen LogP contribution in [0.4, 0.5) is 9.18 Å². The number of carbonyl (C=O) groups is 1. The van der Waals surface area contributed by atoms with E-state index >= 15 is 0 Å². The molecular weight excluding hydrogens is 479 g/mol. The first-order chi connectivity index (χ1) is 18.0. The van der Waals surface area contributed by atoms with Gasteiger partial charge in [-0.15, -0.1) is 0 Å². The summed E-state index contributed by atoms with van der Waals surface area (Å²) in [6.45, 7) is 10.3. The number of ether oxygens (including phenoxy) is 1. The van der Waals surface area contributed by atoms with Crippen molar-refractivity contribution in [3.05, 3.63) is 64.2 Å². The highest BCUT2D eigenvalue weighted by Gasteiger charge is 2.48. The molecule has 0 aliphatic heterocycles. The van der Waals surface area contributed by atoms with E-state index in [2.05, 4.69) is 56.8 Å². The smallest absolute Gasteiger partial charge is 0.409 e. The molecule has 1 aliphatic rings. The molecule has 1 N–H and O–H groups in total. The van der Waals surface area contributed by atoms with Crippen LogP contribution in [0.25, 0.3) is 11.0 Å². The Kier molecular flexibility index (Phi) is 8.46. The third-order valence-corrected chi connectivity index (χ3v) is 8.12. The number of hydrogen-bond donors (Lipinski definition) is 1. The molecule has 0 saturated carbocycles. The summed E-state index contributed by atoms with van der Waals surface area (Å²) in [5.41, 5.74) is 6.12. The minimum atomic E-state index is -0.637. The van der Waals surface area contributed by atoms with E-state index < -0.39 is 5.60 Å². The van der Waals surface area contributed by atoms with Gasteiger partial charge in [0.1, 0.15) is 17.2 Å². The lowest BCUT2D eigenvalue weighted by Gasteiger charge is -2.47. The first kappa shape index (κ1) is 28.1. The normalized spacial score (nSPS) is 19.3. The molecule has 0 radical (unpaired) electrons. The number of aromatic nitrogens is 2. The molecule has 0 saturated heterocycles. The number of hydrogen-bond acceptors (Lipinski definition) is 4. The highest BCUT2D eigenvalue weighted by atomic mass is 19.1. The van der Waals surface area contributed by atoms with Crippen LogP contribution in [0.1, 0.15) is 67.1 Å². The van der Waals surface area contributed by atoms with Gasteiger partial charge in [-0.25, -0.2) is 14.2 Å². The SMILES string of the molecule is Cc1ccc(C)c2[nH]c(CCCN(C)CC[C@@]3(OC(=O)N(C)C)CCc4cc(F)ccc4[C@@H]3C(C)C)nc12. The lowest BCUT2D eigenvalue weighted by molar-refractivity contribution is -0.0539. The van der Waals surface area contributed by atoms with Crippen molar-refractivity contribution in [3.63, 3.8) is 0 Å². The van der Waals surface area contributed by atoms with Gasteiger partial charge in [0, 0.05) is 39.4 Å². The second kappa shape index (κ2) is 11.4. The van der Waals surface area contributed by atoms with Crippen LogP contribution < -0.4 is 0 Å². The molecule has 0 bridgehead atoms. The standard InChI is InChI=1S/C31H43FN4O2/c1-20(2)27-25-13-12-24(32)19-23(25)14-15-31(27,38-30(37)35(5)6)16-18-36(7)17-8-9-26-33-28-21(3)10-11-22(4)29(28)34-26/h10-13,19-20,27H,8-9,14-18H2,1-7H3,(H,33,34)/t27-,31-/m0/s1. The third kappa shape index (κ3) is 5.88. The van der Waals surface area contributed by atoms with Crippen molar-refractivity contribution in [2.45, 2.75) is 71.3 Å². The van der Waals surface area contributed by atoms with Crippen LogP contribution >= 0.6 is 0 Å². The lowest BCUT2D eigenvalue weighted by atomic mass is 9.65. The predicted molar refractivity (Wildman–Crippen MR) is 151 cm³/mol. The molecule has 38 heavy (non-hydrogen) atoms. The zero-order valence-electron chi connectivity index (χ0n) is 24.0. The number of aryl methyl sites for hydroxylation is 4. The fraction of sp³-hybridized carbons (Fsp3) is 0.548. The van der Waals surface area contributed by atoms with Gasteiger partial charge < -0.3 is 19.5 Å². The molecule has 3 aromatic rings. The van der Waals surface area contributed by atoms with E-state index in [4.69, 9.17) is 9.72 Å². The number of carbonyl (C=O) groups excluding carboxylic acids is 1. The summed E-state index contributed by atoms with van der Waals surface area (Å²) in [5, 5.41) is 0. The average molecular weight is 523 g/mol. The molecule has 0 fully saturated rings. The van der Waals surface area contributed by atoms with Crippen molar-refractivity contribution in [2.75, 3.05) is 34.2 Å². The van der Waals surface area contributed by atoms with Gasteiger partial charge in [-0.05, 0) is 87.0 Å². The highest BCUT2D eigenvalue weighted by molar-refractivity contribution is 5.81. The number of fused-ring (bicyclic) bond motifs is 2. The number of nitrogens with zero attached hydrogens (tertiary/aromatic N) is 3. The highest BCUT2D eigenvalue weighted by Crippen LogP contribution is 2.48. The summed E-state index contributed by atoms with van der Waals surface area (Å²) < 4.78 is 20.4. The molecule has 7 heteroatoms. The van der Waals surface area contributed by atoms with Crippen LogP contribution in [-0.2, 0) is 17.6 Å². The Bertz CT molecular complexity index is 1250. The minimum absolute atomic E-state index is 0.00572. The summed E-state index contributed by atoms with van der Waals surface area (Å²) in [5.74, 6) is 1.06. The summed E-state index contributed by atoms with van der Waals surface area (Å²) >= 11 is 0. The van der Waals surface area contributed by atoms with E-state index in [0.29, 0.717) is 12.8 Å². The maximum Gasteiger partial charge on any atom is 0.409 e. The second-order valence-electron chi connectivity index (χ2n) is 11.7. The summed E-state index contributed by atoms with van der Waals surface area (Å²) in [6, 6.07) is 9.34. The molecule has 0 unspecified atom stereocenters. The van der Waals surface area contributed by atoms with E-state index in [0.717, 1.165) is 60.3 Å². The fourth-order valence-corrected chi connectivity index (χ4v) is 6.09. The van der Waals surface area contributed by atoms with Gasteiger partial charge in [0.2, 0.25) is 0 Å². The molecular formula is C31H43FN4O2. The van der Waals surface area contributed by atoms with Gasteiger partial charge in [0.05, 0.1) is 11.0 Å². The first-order valence-corrected chi connectivity index (χ1v) is 13.8. The Morgan fingerprint density at radius 3 is 2.58 bits per heavy atom. The molecule has 206 valence electrons. The molecule has 4 rings (SSSR count). The predicted octanol–water partition coefficient (Wildman–Crippen LogP) is 6.40. The summed E-state index contributed by atoms with van der Waals surface area (Å²) in [6.07, 6.45) is 3.66. The molecule has 1 heterocycles. The van der Waals surface area contributed by atoms with Crippen molar-refractivity contribution in [3.8, 4) is 0 Å². The zero-order valence-corrected chi connectivity index (χ0v) is 24.0. The van der Waals surface area contributed by atoms with Crippen LogP contribution in [0.5, 0.6) is 0 Å². The number of rotatable bonds is 9. The van der Waals surface area contributed by atoms with Crippen molar-refractivity contribution in [1.82, 2.24) is 19.8 Å². The van der Waals surface area contributed by atoms with E-state index in [9.17, 15) is 9.18 Å². The Balaban J connectivity index is 1.46. The van der Waals surface area contributed by atoms with Gasteiger partial charge in [-0.1, -0.05) is 32.0 Å². The van der Waals surface area contributed by atoms with Crippen molar-refractivity contribution < 1.29 is 13.9 Å². The number of halogens is 1. The van der Waals surface area contributed by atoms with Gasteiger partial charge in [-0.3, -0.25) is 0 Å². The fourth-order valence-electron chi connectivity index (χ4n) is 6.09. The monoisotopic (exact) mass is 522 g/mol. The number of benzene rings is 2. The van der Waals surface area contributed by atoms with Crippen LogP contribution in [0.15, 0.2) is 30.3 Å². The number of H-pyrrole nitrogens is 1. The molecule has 2 atom stereocenters. The molecule has 1 amide bonds. The zero-order chi connectivity index (χ0) is 27.6. The largest absolute Gasteiger partial charge is 0.442 e. The third-order valence-electron chi connectivity index (χ3n) is 8.12. The van der Waals surface area contributed by atoms with E-state index in [1.54, 1.807) is 20.2 Å². The first-order valence-electron chi connectivity index (χ1n) is 13.8. The summed E-state index contributed by atoms with van der Waals surface area (Å²) in [7, 11) is 5.57. The van der Waals surface area contributed by atoms with Crippen LogP contribution in [0.3, 0.4) is 0 Å². The van der Waals surface area contributed by atoms with Crippen LogP contribution in [-0.4, -0.2) is 65.7 Å². The number of nitrogens with one attached hydrogen (secondary N) is 1. The van der Waals surface area contributed by atoms with Crippen LogP contribution in [0, 0.1) is 25.6 Å². The van der Waals surface area contributed by atoms with Crippen molar-refractivity contribution in [2.24, 2.45) is 5.92 Å². The van der Waals surface area contributed by atoms with Gasteiger partial charge in [-0.2, -0.15) is 0 Å². The average Bonchev–Trinajstić information content (AvgIpc) is 3.30. The minimum Gasteiger partial charge on any atom is -0.442 e. The van der Waals surface area contributed by atoms with E-state index in [-0.39, 0.29) is 23.7 Å². The Morgan fingerprint density at radius 2 is 1.89 bits per heavy atom. The Hall–Kier alpha value is -2.93. The van der Waals surface area contributed by atoms with Gasteiger partial charge >= 0.3 is 6.09 Å². The number of aromatic amines is 1. The topological polar surface area (TPSA) is 61.5 Å². The van der Waals surface area contributed by atoms with E-state index in [1.165, 1.54) is 22.1 Å². The molecule has 0 spiro atoms. The molecule has 2 aromatic carbocycles. The number of amides is 1. The molecule has 6 nitrogen and oxygen atoms in total. The quantitative estimate of drug-likeness (QED) is 0.353. The Morgan fingerprint density at radius 1 is 1.16 bits per heavy atom. The van der Waals surface area contributed by atoms with Crippen molar-refractivity contribution in [1.29, 1.82) is 0 Å². The molecule has 1 aromatic heterocycles. The van der Waals surface area contributed by atoms with Crippen LogP contribution in [0.2, 0.25) is 0 Å². The number of imidazole rings is 1. The maximum atomic E-state index is 14.0. The van der Waals surface area contributed by atoms with Gasteiger partial charge in [0.25, 0.3) is 0 Å². The van der Waals surface area contributed by atoms with E-state index in [1.807, 2.05) is 6.07 Å². The second-order valence-corrected chi connectivity index (χ2v) is 11.7. The lowest BCUT2D eigenvalue weighted by Crippen LogP contribution is -2.50.